The van der Waals surface area contributed by atoms with Crippen molar-refractivity contribution in [3.8, 4) is 0 Å². The Hall–Kier alpha value is -2.36. The average Bonchev–Trinajstić information content (AvgIpc) is 2.61. The molecule has 3 rings (SSSR count). The summed E-state index contributed by atoms with van der Waals surface area (Å²) in [7, 11) is 0. The predicted octanol–water partition coefficient (Wildman–Crippen LogP) is 2.67. The second-order valence-electron chi connectivity index (χ2n) is 6.32. The summed E-state index contributed by atoms with van der Waals surface area (Å²) in [6.45, 7) is 5.00. The zero-order valence-electron chi connectivity index (χ0n) is 13.6. The van der Waals surface area contributed by atoms with E-state index in [2.05, 4.69) is 22.1 Å². The molecule has 0 unspecified atom stereocenters. The van der Waals surface area contributed by atoms with Crippen LogP contribution in [-0.2, 0) is 6.54 Å². The van der Waals surface area contributed by atoms with Crippen molar-refractivity contribution in [3.63, 3.8) is 0 Å². The van der Waals surface area contributed by atoms with Gasteiger partial charge >= 0.3 is 0 Å². The largest absolute Gasteiger partial charge is 0.348 e. The van der Waals surface area contributed by atoms with Gasteiger partial charge < -0.3 is 5.32 Å². The van der Waals surface area contributed by atoms with Crippen molar-refractivity contribution in [2.75, 3.05) is 18.0 Å². The number of H-pyrrole nitrogens is 1. The van der Waals surface area contributed by atoms with E-state index in [1.54, 1.807) is 6.20 Å². The van der Waals surface area contributed by atoms with Crippen LogP contribution in [0.4, 0.5) is 5.82 Å². The summed E-state index contributed by atoms with van der Waals surface area (Å²) in [4.78, 5) is 17.8. The van der Waals surface area contributed by atoms with E-state index in [1.807, 2.05) is 42.5 Å². The number of pyridine rings is 1. The number of piperidine rings is 1. The number of rotatable bonds is 4. The maximum absolute atomic E-state index is 12.2. The molecule has 120 valence electrons. The van der Waals surface area contributed by atoms with Crippen molar-refractivity contribution in [1.82, 2.24) is 5.32 Å². The maximum atomic E-state index is 12.2. The maximum Gasteiger partial charge on any atom is 0.274 e. The van der Waals surface area contributed by atoms with Crippen LogP contribution in [0.2, 0.25) is 0 Å². The minimum absolute atomic E-state index is 0.0522. The molecule has 1 aliphatic heterocycles. The lowest BCUT2D eigenvalue weighted by atomic mass is 10.0. The SMILES string of the molecule is C[C@H]1CCCN(c2ccc(C(=O)NCc3ccccc3)c[nH+]2)C1. The first-order valence-corrected chi connectivity index (χ1v) is 8.31. The molecule has 0 bridgehead atoms. The topological polar surface area (TPSA) is 46.5 Å². The Bertz CT molecular complexity index is 639. The van der Waals surface area contributed by atoms with Crippen molar-refractivity contribution < 1.29 is 9.78 Å². The summed E-state index contributed by atoms with van der Waals surface area (Å²) in [5, 5.41) is 2.95. The number of carbonyl (C=O) groups excluding carboxylic acids is 1. The van der Waals surface area contributed by atoms with Crippen LogP contribution in [0, 0.1) is 5.92 Å². The van der Waals surface area contributed by atoms with Crippen molar-refractivity contribution in [3.05, 3.63) is 59.8 Å². The molecule has 4 nitrogen and oxygen atoms in total. The van der Waals surface area contributed by atoms with Crippen molar-refractivity contribution in [2.24, 2.45) is 5.92 Å². The van der Waals surface area contributed by atoms with Gasteiger partial charge in [-0.25, -0.2) is 4.98 Å². The van der Waals surface area contributed by atoms with Crippen LogP contribution in [-0.4, -0.2) is 19.0 Å². The van der Waals surface area contributed by atoms with Gasteiger partial charge in [-0.3, -0.25) is 9.69 Å². The molecule has 23 heavy (non-hydrogen) atoms. The number of nitrogens with zero attached hydrogens (tertiary/aromatic N) is 1. The van der Waals surface area contributed by atoms with Crippen LogP contribution >= 0.6 is 0 Å². The summed E-state index contributed by atoms with van der Waals surface area (Å²) in [5.74, 6) is 1.77. The first-order valence-electron chi connectivity index (χ1n) is 8.31. The van der Waals surface area contributed by atoms with Crippen LogP contribution in [0.1, 0.15) is 35.7 Å². The molecule has 0 spiro atoms. The lowest BCUT2D eigenvalue weighted by Gasteiger charge is -2.25. The average molecular weight is 310 g/mol. The molecule has 1 saturated heterocycles. The number of nitrogens with one attached hydrogen (secondary N) is 2. The summed E-state index contributed by atoms with van der Waals surface area (Å²) >= 11 is 0. The highest BCUT2D eigenvalue weighted by atomic mass is 16.1. The molecule has 4 heteroatoms. The molecule has 1 atom stereocenters. The number of aromatic amines is 1. The van der Waals surface area contributed by atoms with Crippen molar-refractivity contribution in [1.29, 1.82) is 0 Å². The van der Waals surface area contributed by atoms with Gasteiger partial charge in [-0.15, -0.1) is 0 Å². The van der Waals surface area contributed by atoms with E-state index in [0.29, 0.717) is 12.1 Å². The number of carbonyl (C=O) groups is 1. The molecule has 1 amide bonds. The number of anilines is 1. The first kappa shape index (κ1) is 15.5. The number of hydrogen-bond donors (Lipinski definition) is 1. The zero-order chi connectivity index (χ0) is 16.1. The van der Waals surface area contributed by atoms with E-state index < -0.39 is 0 Å². The molecule has 0 radical (unpaired) electrons. The van der Waals surface area contributed by atoms with Gasteiger partial charge in [-0.05, 0) is 30.4 Å². The molecule has 2 heterocycles. The summed E-state index contributed by atoms with van der Waals surface area (Å²) in [6, 6.07) is 13.8. The second kappa shape index (κ2) is 7.27. The van der Waals surface area contributed by atoms with Gasteiger partial charge in [0.25, 0.3) is 11.7 Å². The van der Waals surface area contributed by atoms with E-state index in [4.69, 9.17) is 0 Å². The number of benzene rings is 1. The van der Waals surface area contributed by atoms with Gasteiger partial charge in [0.2, 0.25) is 0 Å². The minimum Gasteiger partial charge on any atom is -0.348 e. The van der Waals surface area contributed by atoms with Crippen molar-refractivity contribution >= 4 is 11.7 Å². The summed E-state index contributed by atoms with van der Waals surface area (Å²) < 4.78 is 0. The first-order chi connectivity index (χ1) is 11.2. The van der Waals surface area contributed by atoms with E-state index in [0.717, 1.165) is 30.4 Å². The molecule has 1 aromatic carbocycles. The quantitative estimate of drug-likeness (QED) is 0.944. The Balaban J connectivity index is 1.59. The number of aromatic nitrogens is 1. The highest BCUT2D eigenvalue weighted by Gasteiger charge is 2.23. The molecule has 2 aromatic rings. The Morgan fingerprint density at radius 2 is 2.09 bits per heavy atom. The molecule has 2 N–H and O–H groups in total. The molecule has 1 fully saturated rings. The van der Waals surface area contributed by atoms with E-state index >= 15 is 0 Å². The Labute approximate surface area is 137 Å². The molecule has 1 aliphatic rings. The second-order valence-corrected chi connectivity index (χ2v) is 6.32. The third-order valence-corrected chi connectivity index (χ3v) is 4.35. The smallest absolute Gasteiger partial charge is 0.274 e. The van der Waals surface area contributed by atoms with E-state index in [1.165, 1.54) is 12.8 Å². The third kappa shape index (κ3) is 4.09. The Morgan fingerprint density at radius 1 is 1.26 bits per heavy atom. The van der Waals surface area contributed by atoms with Gasteiger partial charge in [-0.2, -0.15) is 0 Å². The monoisotopic (exact) mass is 310 g/mol. The van der Waals surface area contributed by atoms with Gasteiger partial charge in [0.15, 0.2) is 0 Å². The van der Waals surface area contributed by atoms with E-state index in [-0.39, 0.29) is 5.91 Å². The minimum atomic E-state index is -0.0522. The lowest BCUT2D eigenvalue weighted by Crippen LogP contribution is -2.38. The Kier molecular flexibility index (Phi) is 4.91. The molecule has 0 aliphatic carbocycles. The standard InChI is InChI=1S/C19H23N3O/c1-15-6-5-11-22(14-15)18-10-9-17(13-20-18)19(23)21-12-16-7-3-2-4-8-16/h2-4,7-10,13,15H,5-6,11-12,14H2,1H3,(H,21,23)/p+1/t15-/m0/s1. The van der Waals surface area contributed by atoms with Gasteiger partial charge in [0.05, 0.1) is 18.7 Å². The Morgan fingerprint density at radius 3 is 2.78 bits per heavy atom. The van der Waals surface area contributed by atoms with Crippen LogP contribution < -0.4 is 15.2 Å². The number of hydrogen-bond acceptors (Lipinski definition) is 2. The number of amides is 1. The fourth-order valence-electron chi connectivity index (χ4n) is 3.04. The fourth-order valence-corrected chi connectivity index (χ4v) is 3.04. The van der Waals surface area contributed by atoms with E-state index in [9.17, 15) is 4.79 Å². The summed E-state index contributed by atoms with van der Waals surface area (Å²) in [6.07, 6.45) is 4.33. The molecular formula is C19H24N3O+. The molecular weight excluding hydrogens is 286 g/mol. The summed E-state index contributed by atoms with van der Waals surface area (Å²) in [5.41, 5.74) is 1.76. The highest BCUT2D eigenvalue weighted by molar-refractivity contribution is 5.93. The molecule has 0 saturated carbocycles. The zero-order valence-corrected chi connectivity index (χ0v) is 13.6. The van der Waals surface area contributed by atoms with Crippen molar-refractivity contribution in [2.45, 2.75) is 26.3 Å². The lowest BCUT2D eigenvalue weighted by molar-refractivity contribution is -0.364. The van der Waals surface area contributed by atoms with Crippen LogP contribution in [0.25, 0.3) is 0 Å². The van der Waals surface area contributed by atoms with Crippen LogP contribution in [0.5, 0.6) is 0 Å². The van der Waals surface area contributed by atoms with Gasteiger partial charge in [0.1, 0.15) is 6.20 Å². The fraction of sp³-hybridized carbons (Fsp3) is 0.368. The van der Waals surface area contributed by atoms with Gasteiger partial charge in [-0.1, -0.05) is 37.3 Å². The predicted molar refractivity (Wildman–Crippen MR) is 91.2 cm³/mol. The van der Waals surface area contributed by atoms with Gasteiger partial charge in [0, 0.05) is 12.6 Å². The highest BCUT2D eigenvalue weighted by Crippen LogP contribution is 2.19. The van der Waals surface area contributed by atoms with Crippen LogP contribution in [0.15, 0.2) is 48.7 Å². The molecule has 1 aromatic heterocycles. The van der Waals surface area contributed by atoms with Crippen LogP contribution in [0.3, 0.4) is 0 Å². The normalized spacial score (nSPS) is 17.8. The third-order valence-electron chi connectivity index (χ3n) is 4.35.